The normalized spacial score (nSPS) is 8.94. The molecule has 16 heavy (non-hydrogen) atoms. The topological polar surface area (TPSA) is 82.0 Å². The van der Waals surface area contributed by atoms with Crippen molar-refractivity contribution in [2.75, 3.05) is 26.3 Å². The van der Waals surface area contributed by atoms with Crippen LogP contribution in [0.5, 0.6) is 5.75 Å². The van der Waals surface area contributed by atoms with Gasteiger partial charge in [-0.2, -0.15) is 0 Å². The Morgan fingerprint density at radius 3 is 2.06 bits per heavy atom. The van der Waals surface area contributed by atoms with Crippen molar-refractivity contribution in [2.45, 2.75) is 0 Å². The van der Waals surface area contributed by atoms with Crippen LogP contribution in [0.1, 0.15) is 0 Å². The van der Waals surface area contributed by atoms with Gasteiger partial charge >= 0.3 is 7.69 Å². The SMILES string of the molecule is OCCNCCO.O[B]Oc1ccccc1. The summed E-state index contributed by atoms with van der Waals surface area (Å²) in [6.07, 6.45) is 0. The summed E-state index contributed by atoms with van der Waals surface area (Å²) >= 11 is 0. The first-order valence-corrected chi connectivity index (χ1v) is 4.95. The molecule has 89 valence electrons. The van der Waals surface area contributed by atoms with Gasteiger partial charge in [0.15, 0.2) is 0 Å². The summed E-state index contributed by atoms with van der Waals surface area (Å²) in [5.41, 5.74) is 0. The molecule has 0 heterocycles. The molecular formula is C10H17BNO4. The van der Waals surface area contributed by atoms with Crippen LogP contribution in [-0.2, 0) is 0 Å². The molecule has 6 heteroatoms. The molecule has 1 aromatic carbocycles. The van der Waals surface area contributed by atoms with Gasteiger partial charge in [0.25, 0.3) is 0 Å². The van der Waals surface area contributed by atoms with E-state index in [-0.39, 0.29) is 13.2 Å². The minimum atomic E-state index is 0.139. The summed E-state index contributed by atoms with van der Waals surface area (Å²) in [5, 5.41) is 27.3. The second kappa shape index (κ2) is 12.0. The van der Waals surface area contributed by atoms with E-state index in [1.165, 1.54) is 0 Å². The number of benzene rings is 1. The smallest absolute Gasteiger partial charge is 0.537 e. The van der Waals surface area contributed by atoms with Crippen LogP contribution in [0.4, 0.5) is 0 Å². The molecule has 0 bridgehead atoms. The van der Waals surface area contributed by atoms with Crippen LogP contribution in [0.15, 0.2) is 30.3 Å². The molecule has 0 unspecified atom stereocenters. The van der Waals surface area contributed by atoms with Crippen LogP contribution in [0.3, 0.4) is 0 Å². The first-order valence-electron chi connectivity index (χ1n) is 4.95. The lowest BCUT2D eigenvalue weighted by Gasteiger charge is -1.97. The third kappa shape index (κ3) is 9.48. The fourth-order valence-electron chi connectivity index (χ4n) is 0.843. The Kier molecular flexibility index (Phi) is 11.2. The van der Waals surface area contributed by atoms with E-state index in [0.29, 0.717) is 26.5 Å². The summed E-state index contributed by atoms with van der Waals surface area (Å²) in [5.74, 6) is 0.639. The van der Waals surface area contributed by atoms with Crippen LogP contribution in [0, 0.1) is 0 Å². The van der Waals surface area contributed by atoms with E-state index in [1.54, 1.807) is 12.1 Å². The van der Waals surface area contributed by atoms with Gasteiger partial charge in [-0.3, -0.25) is 0 Å². The van der Waals surface area contributed by atoms with Crippen molar-refractivity contribution in [1.82, 2.24) is 5.32 Å². The molecule has 1 radical (unpaired) electrons. The van der Waals surface area contributed by atoms with Crippen LogP contribution >= 0.6 is 0 Å². The zero-order valence-electron chi connectivity index (χ0n) is 9.04. The monoisotopic (exact) mass is 226 g/mol. The molecule has 0 aliphatic carbocycles. The number of hydrogen-bond acceptors (Lipinski definition) is 5. The van der Waals surface area contributed by atoms with Gasteiger partial charge in [0.2, 0.25) is 0 Å². The van der Waals surface area contributed by atoms with Gasteiger partial charge in [0, 0.05) is 13.1 Å². The minimum Gasteiger partial charge on any atom is -0.537 e. The van der Waals surface area contributed by atoms with Gasteiger partial charge in [-0.1, -0.05) is 18.2 Å². The lowest BCUT2D eigenvalue weighted by molar-refractivity contribution is 0.266. The lowest BCUT2D eigenvalue weighted by atomic mass is 10.3. The predicted octanol–water partition coefficient (Wildman–Crippen LogP) is -0.847. The molecule has 0 saturated heterocycles. The number of aliphatic hydroxyl groups is 2. The minimum absolute atomic E-state index is 0.139. The van der Waals surface area contributed by atoms with Crippen molar-refractivity contribution < 1.29 is 19.9 Å². The Labute approximate surface area is 96.0 Å². The average Bonchev–Trinajstić information content (AvgIpc) is 2.32. The number of para-hydroxylation sites is 1. The highest BCUT2D eigenvalue weighted by Crippen LogP contribution is 2.06. The molecule has 4 N–H and O–H groups in total. The molecule has 0 fully saturated rings. The molecule has 1 rings (SSSR count). The average molecular weight is 226 g/mol. The first kappa shape index (κ1) is 14.9. The lowest BCUT2D eigenvalue weighted by Crippen LogP contribution is -2.21. The van der Waals surface area contributed by atoms with Crippen molar-refractivity contribution in [3.8, 4) is 5.75 Å². The van der Waals surface area contributed by atoms with Crippen molar-refractivity contribution >= 4 is 7.69 Å². The van der Waals surface area contributed by atoms with E-state index in [2.05, 4.69) is 9.97 Å². The van der Waals surface area contributed by atoms with Crippen molar-refractivity contribution in [2.24, 2.45) is 0 Å². The van der Waals surface area contributed by atoms with Crippen LogP contribution in [0.2, 0.25) is 0 Å². The zero-order chi connectivity index (χ0) is 12.1. The van der Waals surface area contributed by atoms with Gasteiger partial charge in [-0.15, -0.1) is 0 Å². The Morgan fingerprint density at radius 2 is 1.62 bits per heavy atom. The second-order valence-corrected chi connectivity index (χ2v) is 2.73. The maximum atomic E-state index is 8.17. The maximum Gasteiger partial charge on any atom is 0.569 e. The number of aliphatic hydroxyl groups excluding tert-OH is 2. The molecule has 0 amide bonds. The Balaban J connectivity index is 0.000000293. The number of hydrogen-bond donors (Lipinski definition) is 4. The van der Waals surface area contributed by atoms with Crippen LogP contribution in [-0.4, -0.2) is 49.2 Å². The second-order valence-electron chi connectivity index (χ2n) is 2.73. The Hall–Kier alpha value is -1.08. The van der Waals surface area contributed by atoms with E-state index >= 15 is 0 Å². The summed E-state index contributed by atoms with van der Waals surface area (Å²) in [6.45, 7) is 1.42. The van der Waals surface area contributed by atoms with Gasteiger partial charge in [0.05, 0.1) is 19.0 Å². The molecule has 5 nitrogen and oxygen atoms in total. The molecule has 0 aliphatic rings. The molecule has 0 atom stereocenters. The molecule has 0 saturated carbocycles. The highest BCUT2D eigenvalue weighted by atomic mass is 16.5. The number of rotatable bonds is 6. The molecular weight excluding hydrogens is 209 g/mol. The van der Waals surface area contributed by atoms with Crippen LogP contribution in [0.25, 0.3) is 0 Å². The summed E-state index contributed by atoms with van der Waals surface area (Å²) < 4.78 is 4.64. The van der Waals surface area contributed by atoms with Gasteiger partial charge in [-0.25, -0.2) is 0 Å². The standard InChI is InChI=1S/C6H6BO2.C4H11NO2/c8-7-9-6-4-2-1-3-5-6;6-3-1-5-2-4-7/h1-5,8H;5-7H,1-4H2. The number of nitrogens with one attached hydrogen (secondary N) is 1. The van der Waals surface area contributed by atoms with E-state index in [4.69, 9.17) is 15.2 Å². The van der Waals surface area contributed by atoms with Crippen molar-refractivity contribution in [1.29, 1.82) is 0 Å². The quantitative estimate of drug-likeness (QED) is 0.375. The van der Waals surface area contributed by atoms with Crippen molar-refractivity contribution in [3.63, 3.8) is 0 Å². The highest BCUT2D eigenvalue weighted by molar-refractivity contribution is 6.17. The maximum absolute atomic E-state index is 8.17. The van der Waals surface area contributed by atoms with E-state index in [9.17, 15) is 0 Å². The third-order valence-corrected chi connectivity index (χ3v) is 1.51. The predicted molar refractivity (Wildman–Crippen MR) is 62.1 cm³/mol. The largest absolute Gasteiger partial charge is 0.569 e. The van der Waals surface area contributed by atoms with E-state index in [0.717, 1.165) is 0 Å². The van der Waals surface area contributed by atoms with Crippen molar-refractivity contribution in [3.05, 3.63) is 30.3 Å². The van der Waals surface area contributed by atoms with Gasteiger partial charge in [-0.05, 0) is 12.1 Å². The van der Waals surface area contributed by atoms with Crippen LogP contribution < -0.4 is 9.97 Å². The van der Waals surface area contributed by atoms with E-state index in [1.807, 2.05) is 18.2 Å². The first-order chi connectivity index (χ1) is 7.85. The molecule has 0 spiro atoms. The molecule has 1 aromatic rings. The summed E-state index contributed by atoms with van der Waals surface area (Å²) in [7, 11) is 0.662. The Morgan fingerprint density at radius 1 is 1.06 bits per heavy atom. The molecule has 0 aliphatic heterocycles. The highest BCUT2D eigenvalue weighted by Gasteiger charge is 1.88. The Bertz CT molecular complexity index is 232. The van der Waals surface area contributed by atoms with E-state index < -0.39 is 0 Å². The fourth-order valence-corrected chi connectivity index (χ4v) is 0.843. The fraction of sp³-hybridized carbons (Fsp3) is 0.400. The summed E-state index contributed by atoms with van der Waals surface area (Å²) in [4.78, 5) is 0. The third-order valence-electron chi connectivity index (χ3n) is 1.51. The molecule has 0 aromatic heterocycles. The van der Waals surface area contributed by atoms with Gasteiger partial charge < -0.3 is 25.2 Å². The zero-order valence-corrected chi connectivity index (χ0v) is 9.04. The summed E-state index contributed by atoms with van der Waals surface area (Å²) in [6, 6.07) is 9.06. The van der Waals surface area contributed by atoms with Gasteiger partial charge in [0.1, 0.15) is 0 Å².